The van der Waals surface area contributed by atoms with Crippen molar-refractivity contribution < 1.29 is 0 Å². The molecule has 0 atom stereocenters. The number of allylic oxidation sites excluding steroid dienone is 4. The molecule has 0 saturated heterocycles. The van der Waals surface area contributed by atoms with Gasteiger partial charge >= 0.3 is 0 Å². The van der Waals surface area contributed by atoms with Crippen molar-refractivity contribution in [1.29, 1.82) is 0 Å². The quantitative estimate of drug-likeness (QED) is 0.530. The van der Waals surface area contributed by atoms with E-state index in [9.17, 15) is 0 Å². The second-order valence-electron chi connectivity index (χ2n) is 5.07. The number of anilines is 1. The molecule has 3 nitrogen and oxygen atoms in total. The Balaban J connectivity index is 2.52. The molecule has 1 N–H and O–H groups in total. The average molecular weight is 273 g/mol. The van der Waals surface area contributed by atoms with Gasteiger partial charge in [0.15, 0.2) is 0 Å². The zero-order chi connectivity index (χ0) is 14.6. The van der Waals surface area contributed by atoms with Gasteiger partial charge in [0.1, 0.15) is 12.1 Å². The van der Waals surface area contributed by atoms with Gasteiger partial charge in [0.2, 0.25) is 0 Å². The predicted octanol–water partition coefficient (Wildman–Crippen LogP) is 4.53. The van der Waals surface area contributed by atoms with E-state index in [0.29, 0.717) is 0 Å². The molecule has 1 aromatic rings. The van der Waals surface area contributed by atoms with Gasteiger partial charge in [0.05, 0.1) is 0 Å². The van der Waals surface area contributed by atoms with Gasteiger partial charge in [-0.3, -0.25) is 0 Å². The van der Waals surface area contributed by atoms with Crippen molar-refractivity contribution in [2.45, 2.75) is 52.9 Å². The van der Waals surface area contributed by atoms with Crippen LogP contribution in [0.25, 0.3) is 0 Å². The van der Waals surface area contributed by atoms with Crippen LogP contribution in [-0.2, 0) is 6.42 Å². The molecule has 3 heteroatoms. The highest BCUT2D eigenvalue weighted by Gasteiger charge is 2.03. The fourth-order valence-electron chi connectivity index (χ4n) is 1.96. The Morgan fingerprint density at radius 2 is 2.20 bits per heavy atom. The molecule has 0 spiro atoms. The third kappa shape index (κ3) is 6.50. The molecule has 0 aromatic carbocycles. The number of unbranched alkanes of at least 4 members (excludes halogenated alkanes) is 2. The van der Waals surface area contributed by atoms with Crippen LogP contribution in [0.4, 0.5) is 5.82 Å². The van der Waals surface area contributed by atoms with E-state index in [0.717, 1.165) is 25.2 Å². The van der Waals surface area contributed by atoms with Crippen LogP contribution in [0.2, 0.25) is 0 Å². The summed E-state index contributed by atoms with van der Waals surface area (Å²) >= 11 is 0. The van der Waals surface area contributed by atoms with Gasteiger partial charge in [0, 0.05) is 18.3 Å². The first-order valence-corrected chi connectivity index (χ1v) is 7.59. The normalized spacial score (nSPS) is 12.1. The first-order chi connectivity index (χ1) is 9.77. The number of hydrogen-bond donors (Lipinski definition) is 1. The van der Waals surface area contributed by atoms with Gasteiger partial charge in [-0.2, -0.15) is 0 Å². The molecular weight excluding hydrogens is 246 g/mol. The lowest BCUT2D eigenvalue weighted by atomic mass is 10.1. The maximum absolute atomic E-state index is 4.36. The van der Waals surface area contributed by atoms with E-state index >= 15 is 0 Å². The molecule has 0 amide bonds. The van der Waals surface area contributed by atoms with E-state index in [1.807, 2.05) is 13.1 Å². The summed E-state index contributed by atoms with van der Waals surface area (Å²) in [7, 11) is 0. The Hall–Kier alpha value is -1.64. The number of rotatable bonds is 9. The van der Waals surface area contributed by atoms with Crippen molar-refractivity contribution in [3.05, 3.63) is 41.9 Å². The number of nitrogens with one attached hydrogen (secondary N) is 1. The van der Waals surface area contributed by atoms with Gasteiger partial charge < -0.3 is 5.32 Å². The van der Waals surface area contributed by atoms with Crippen LogP contribution in [0.1, 0.15) is 52.0 Å². The summed E-state index contributed by atoms with van der Waals surface area (Å²) < 4.78 is 0. The molecule has 0 fully saturated rings. The molecule has 20 heavy (non-hydrogen) atoms. The molecular formula is C17H27N3. The van der Waals surface area contributed by atoms with Crippen molar-refractivity contribution in [3.8, 4) is 0 Å². The Morgan fingerprint density at radius 3 is 2.95 bits per heavy atom. The van der Waals surface area contributed by atoms with E-state index < -0.39 is 0 Å². The Labute approximate surface area is 123 Å². The molecule has 110 valence electrons. The minimum Gasteiger partial charge on any atom is -0.370 e. The van der Waals surface area contributed by atoms with Crippen molar-refractivity contribution >= 4 is 5.82 Å². The SMILES string of the molecule is C/C=C\C=C(/C)CCc1cncnc1NCCCCC. The van der Waals surface area contributed by atoms with Gasteiger partial charge in [-0.05, 0) is 33.1 Å². The Kier molecular flexibility index (Phi) is 8.36. The predicted molar refractivity (Wildman–Crippen MR) is 86.9 cm³/mol. The summed E-state index contributed by atoms with van der Waals surface area (Å²) in [5, 5.41) is 3.43. The molecule has 0 radical (unpaired) electrons. The van der Waals surface area contributed by atoms with Crippen LogP contribution in [0.15, 0.2) is 36.3 Å². The van der Waals surface area contributed by atoms with Crippen LogP contribution >= 0.6 is 0 Å². The van der Waals surface area contributed by atoms with Gasteiger partial charge in [-0.15, -0.1) is 0 Å². The first-order valence-electron chi connectivity index (χ1n) is 7.59. The van der Waals surface area contributed by atoms with E-state index in [2.05, 4.69) is 47.4 Å². The van der Waals surface area contributed by atoms with Crippen molar-refractivity contribution in [2.24, 2.45) is 0 Å². The van der Waals surface area contributed by atoms with Gasteiger partial charge in [0.25, 0.3) is 0 Å². The van der Waals surface area contributed by atoms with Crippen LogP contribution in [0.3, 0.4) is 0 Å². The second kappa shape index (κ2) is 10.2. The molecule has 0 aliphatic heterocycles. The van der Waals surface area contributed by atoms with Crippen LogP contribution in [-0.4, -0.2) is 16.5 Å². The minimum atomic E-state index is 0.983. The lowest BCUT2D eigenvalue weighted by Crippen LogP contribution is -2.07. The molecule has 1 rings (SSSR count). The highest BCUT2D eigenvalue weighted by molar-refractivity contribution is 5.42. The highest BCUT2D eigenvalue weighted by Crippen LogP contribution is 2.15. The Bertz CT molecular complexity index is 436. The standard InChI is InChI=1S/C17H27N3/c1-4-6-8-12-19-17-16(13-18-14-20-17)11-10-15(3)9-7-5-2/h5,7,9,13-14H,4,6,8,10-12H2,1-3H3,(H,18,19,20)/b7-5-,15-9+. The van der Waals surface area contributed by atoms with Crippen LogP contribution in [0.5, 0.6) is 0 Å². The monoisotopic (exact) mass is 273 g/mol. The molecule has 1 aromatic heterocycles. The lowest BCUT2D eigenvalue weighted by molar-refractivity contribution is 0.741. The molecule has 0 saturated carbocycles. The van der Waals surface area contributed by atoms with E-state index in [1.54, 1.807) is 6.33 Å². The smallest absolute Gasteiger partial charge is 0.132 e. The van der Waals surface area contributed by atoms with Gasteiger partial charge in [-0.1, -0.05) is 43.6 Å². The zero-order valence-corrected chi connectivity index (χ0v) is 13.0. The fourth-order valence-corrected chi connectivity index (χ4v) is 1.96. The Morgan fingerprint density at radius 1 is 1.35 bits per heavy atom. The largest absolute Gasteiger partial charge is 0.370 e. The maximum Gasteiger partial charge on any atom is 0.132 e. The zero-order valence-electron chi connectivity index (χ0n) is 13.0. The third-order valence-corrected chi connectivity index (χ3v) is 3.22. The van der Waals surface area contributed by atoms with Crippen LogP contribution < -0.4 is 5.32 Å². The van der Waals surface area contributed by atoms with E-state index in [1.165, 1.54) is 30.4 Å². The molecule has 0 aliphatic carbocycles. The molecule has 0 aliphatic rings. The maximum atomic E-state index is 4.36. The summed E-state index contributed by atoms with van der Waals surface area (Å²) in [6.45, 7) is 7.41. The lowest BCUT2D eigenvalue weighted by Gasteiger charge is -2.10. The summed E-state index contributed by atoms with van der Waals surface area (Å²) in [6.07, 6.45) is 15.6. The van der Waals surface area contributed by atoms with Crippen molar-refractivity contribution in [1.82, 2.24) is 9.97 Å². The highest BCUT2D eigenvalue weighted by atomic mass is 15.0. The summed E-state index contributed by atoms with van der Waals surface area (Å²) in [4.78, 5) is 8.51. The third-order valence-electron chi connectivity index (χ3n) is 3.22. The first kappa shape index (κ1) is 16.4. The number of aryl methyl sites for hydroxylation is 1. The van der Waals surface area contributed by atoms with E-state index in [-0.39, 0.29) is 0 Å². The fraction of sp³-hybridized carbons (Fsp3) is 0.529. The second-order valence-corrected chi connectivity index (χ2v) is 5.07. The summed E-state index contributed by atoms with van der Waals surface area (Å²) in [5.74, 6) is 0.995. The topological polar surface area (TPSA) is 37.8 Å². The summed E-state index contributed by atoms with van der Waals surface area (Å²) in [5.41, 5.74) is 2.58. The number of nitrogens with zero attached hydrogens (tertiary/aromatic N) is 2. The summed E-state index contributed by atoms with van der Waals surface area (Å²) in [6, 6.07) is 0. The number of aromatic nitrogens is 2. The van der Waals surface area contributed by atoms with Crippen molar-refractivity contribution in [2.75, 3.05) is 11.9 Å². The average Bonchev–Trinajstić information content (AvgIpc) is 2.48. The number of hydrogen-bond acceptors (Lipinski definition) is 3. The van der Waals surface area contributed by atoms with Gasteiger partial charge in [-0.25, -0.2) is 9.97 Å². The molecule has 0 bridgehead atoms. The van der Waals surface area contributed by atoms with E-state index in [4.69, 9.17) is 0 Å². The molecule has 0 unspecified atom stereocenters. The molecule has 1 heterocycles. The van der Waals surface area contributed by atoms with Crippen molar-refractivity contribution in [3.63, 3.8) is 0 Å². The minimum absolute atomic E-state index is 0.983. The van der Waals surface area contributed by atoms with Crippen LogP contribution in [0, 0.1) is 0 Å².